The molecule has 12 heavy (non-hydrogen) atoms. The monoisotopic (exact) mass is 188 g/mol. The van der Waals surface area contributed by atoms with Crippen LogP contribution in [0.25, 0.3) is 0 Å². The van der Waals surface area contributed by atoms with Crippen LogP contribution in [0.3, 0.4) is 0 Å². The molecular formula is C7H8O4S. The summed E-state index contributed by atoms with van der Waals surface area (Å²) in [6, 6.07) is 5.59. The molecule has 5 heteroatoms. The topological polar surface area (TPSA) is 63.6 Å². The van der Waals surface area contributed by atoms with E-state index < -0.39 is 10.1 Å². The van der Waals surface area contributed by atoms with E-state index in [-0.39, 0.29) is 10.6 Å². The zero-order valence-corrected chi connectivity index (χ0v) is 7.21. The van der Waals surface area contributed by atoms with Gasteiger partial charge in [-0.3, -0.25) is 4.18 Å². The standard InChI is InChI=1S/C7H8O4S/c1-11-12(9,10)7-5-3-2-4-6(7)8/h2-5,8H,1H3. The second kappa shape index (κ2) is 3.12. The lowest BCUT2D eigenvalue weighted by Crippen LogP contribution is -2.02. The average Bonchev–Trinajstić information content (AvgIpc) is 2.05. The van der Waals surface area contributed by atoms with Gasteiger partial charge in [0.1, 0.15) is 10.6 Å². The van der Waals surface area contributed by atoms with Crippen LogP contribution >= 0.6 is 0 Å². The fourth-order valence-electron chi connectivity index (χ4n) is 0.758. The maximum Gasteiger partial charge on any atom is 0.300 e. The maximum atomic E-state index is 11.0. The summed E-state index contributed by atoms with van der Waals surface area (Å²) < 4.78 is 26.3. The van der Waals surface area contributed by atoms with Crippen molar-refractivity contribution in [3.63, 3.8) is 0 Å². The highest BCUT2D eigenvalue weighted by molar-refractivity contribution is 7.86. The van der Waals surface area contributed by atoms with E-state index in [0.717, 1.165) is 7.11 Å². The first-order chi connectivity index (χ1) is 5.58. The lowest BCUT2D eigenvalue weighted by Gasteiger charge is -2.02. The number of hydrogen-bond donors (Lipinski definition) is 1. The number of phenols is 1. The Morgan fingerprint density at radius 1 is 1.33 bits per heavy atom. The van der Waals surface area contributed by atoms with Crippen LogP contribution < -0.4 is 0 Å². The summed E-state index contributed by atoms with van der Waals surface area (Å²) in [4.78, 5) is -0.215. The summed E-state index contributed by atoms with van der Waals surface area (Å²) in [5.41, 5.74) is 0. The molecule has 0 radical (unpaired) electrons. The van der Waals surface area contributed by atoms with E-state index in [4.69, 9.17) is 5.11 Å². The van der Waals surface area contributed by atoms with Gasteiger partial charge in [-0.15, -0.1) is 0 Å². The third-order valence-corrected chi connectivity index (χ3v) is 2.68. The van der Waals surface area contributed by atoms with Crippen LogP contribution in [0.5, 0.6) is 5.75 Å². The van der Waals surface area contributed by atoms with Gasteiger partial charge in [0.15, 0.2) is 0 Å². The highest BCUT2D eigenvalue weighted by Crippen LogP contribution is 2.22. The molecule has 0 unspecified atom stereocenters. The van der Waals surface area contributed by atoms with Crippen LogP contribution in [0.2, 0.25) is 0 Å². The summed E-state index contributed by atoms with van der Waals surface area (Å²) in [7, 11) is -2.74. The first kappa shape index (κ1) is 9.02. The molecule has 0 atom stereocenters. The molecule has 0 bridgehead atoms. The van der Waals surface area contributed by atoms with Crippen molar-refractivity contribution < 1.29 is 17.7 Å². The predicted octanol–water partition coefficient (Wildman–Crippen LogP) is 0.727. The molecule has 1 rings (SSSR count). The minimum Gasteiger partial charge on any atom is -0.506 e. The molecule has 1 N–H and O–H groups in total. The van der Waals surface area contributed by atoms with Gasteiger partial charge in [0, 0.05) is 0 Å². The Bertz CT molecular complexity index is 369. The Morgan fingerprint density at radius 3 is 2.42 bits per heavy atom. The van der Waals surface area contributed by atoms with E-state index in [1.165, 1.54) is 24.3 Å². The highest BCUT2D eigenvalue weighted by atomic mass is 32.2. The van der Waals surface area contributed by atoms with E-state index in [2.05, 4.69) is 4.18 Å². The van der Waals surface area contributed by atoms with E-state index in [1.807, 2.05) is 0 Å². The van der Waals surface area contributed by atoms with Crippen molar-refractivity contribution in [2.45, 2.75) is 4.90 Å². The summed E-state index contributed by atoms with van der Waals surface area (Å²) in [6.45, 7) is 0. The number of aromatic hydroxyl groups is 1. The van der Waals surface area contributed by atoms with E-state index in [0.29, 0.717) is 0 Å². The van der Waals surface area contributed by atoms with E-state index in [9.17, 15) is 8.42 Å². The fraction of sp³-hybridized carbons (Fsp3) is 0.143. The Morgan fingerprint density at radius 2 is 1.92 bits per heavy atom. The molecule has 0 fully saturated rings. The summed E-state index contributed by atoms with van der Waals surface area (Å²) >= 11 is 0. The third-order valence-electron chi connectivity index (χ3n) is 1.35. The number of phenolic OH excluding ortho intramolecular Hbond substituents is 1. The normalized spacial score (nSPS) is 11.4. The van der Waals surface area contributed by atoms with Gasteiger partial charge in [0.25, 0.3) is 10.1 Å². The van der Waals surface area contributed by atoms with Gasteiger partial charge in [-0.1, -0.05) is 12.1 Å². The first-order valence-corrected chi connectivity index (χ1v) is 4.57. The number of benzene rings is 1. The average molecular weight is 188 g/mol. The van der Waals surface area contributed by atoms with Crippen LogP contribution in [0.1, 0.15) is 0 Å². The van der Waals surface area contributed by atoms with Crippen molar-refractivity contribution in [2.24, 2.45) is 0 Å². The molecule has 1 aromatic rings. The lowest BCUT2D eigenvalue weighted by atomic mass is 10.3. The quantitative estimate of drug-likeness (QED) is 0.695. The molecule has 0 aromatic heterocycles. The SMILES string of the molecule is COS(=O)(=O)c1ccccc1O. The van der Waals surface area contributed by atoms with Crippen molar-refractivity contribution >= 4 is 10.1 Å². The lowest BCUT2D eigenvalue weighted by molar-refractivity contribution is 0.390. The molecule has 1 aromatic carbocycles. The smallest absolute Gasteiger partial charge is 0.300 e. The first-order valence-electron chi connectivity index (χ1n) is 3.16. The van der Waals surface area contributed by atoms with Crippen LogP contribution in [-0.4, -0.2) is 20.6 Å². The van der Waals surface area contributed by atoms with Crippen molar-refractivity contribution in [1.29, 1.82) is 0 Å². The molecule has 0 aliphatic heterocycles. The van der Waals surface area contributed by atoms with Crippen molar-refractivity contribution in [3.05, 3.63) is 24.3 Å². The zero-order valence-electron chi connectivity index (χ0n) is 6.39. The Balaban J connectivity index is 3.30. The van der Waals surface area contributed by atoms with Gasteiger partial charge in [0.05, 0.1) is 7.11 Å². The Kier molecular flexibility index (Phi) is 2.35. The maximum absolute atomic E-state index is 11.0. The van der Waals surface area contributed by atoms with Gasteiger partial charge in [-0.05, 0) is 12.1 Å². The molecule has 4 nitrogen and oxygen atoms in total. The largest absolute Gasteiger partial charge is 0.506 e. The summed E-state index contributed by atoms with van der Waals surface area (Å²) in [5, 5.41) is 9.12. The summed E-state index contributed by atoms with van der Waals surface area (Å²) in [5.74, 6) is -0.306. The Hall–Kier alpha value is -1.07. The van der Waals surface area contributed by atoms with Crippen LogP contribution in [-0.2, 0) is 14.3 Å². The second-order valence-electron chi connectivity index (χ2n) is 2.09. The molecule has 0 amide bonds. The third kappa shape index (κ3) is 1.57. The summed E-state index contributed by atoms with van der Waals surface area (Å²) in [6.07, 6.45) is 0. The number of para-hydroxylation sites is 1. The van der Waals surface area contributed by atoms with E-state index >= 15 is 0 Å². The number of hydrogen-bond acceptors (Lipinski definition) is 4. The Labute approximate surface area is 70.5 Å². The molecule has 0 saturated heterocycles. The molecule has 0 aliphatic carbocycles. The van der Waals surface area contributed by atoms with Gasteiger partial charge < -0.3 is 5.11 Å². The van der Waals surface area contributed by atoms with Gasteiger partial charge in [0.2, 0.25) is 0 Å². The molecule has 66 valence electrons. The van der Waals surface area contributed by atoms with Crippen LogP contribution in [0, 0.1) is 0 Å². The molecule has 0 saturated carbocycles. The van der Waals surface area contributed by atoms with Crippen molar-refractivity contribution in [2.75, 3.05) is 7.11 Å². The molecule has 0 heterocycles. The van der Waals surface area contributed by atoms with Gasteiger partial charge >= 0.3 is 0 Å². The fourth-order valence-corrected chi connectivity index (χ4v) is 1.51. The molecule has 0 spiro atoms. The highest BCUT2D eigenvalue weighted by Gasteiger charge is 2.16. The van der Waals surface area contributed by atoms with Crippen molar-refractivity contribution in [3.8, 4) is 5.75 Å². The van der Waals surface area contributed by atoms with Gasteiger partial charge in [-0.25, -0.2) is 0 Å². The number of rotatable bonds is 2. The second-order valence-corrected chi connectivity index (χ2v) is 3.77. The van der Waals surface area contributed by atoms with Crippen LogP contribution in [0.4, 0.5) is 0 Å². The van der Waals surface area contributed by atoms with E-state index in [1.54, 1.807) is 0 Å². The molecular weight excluding hydrogens is 180 g/mol. The molecule has 0 aliphatic rings. The van der Waals surface area contributed by atoms with Gasteiger partial charge in [-0.2, -0.15) is 8.42 Å². The minimum absolute atomic E-state index is 0.215. The van der Waals surface area contributed by atoms with Crippen LogP contribution in [0.15, 0.2) is 29.2 Å². The zero-order chi connectivity index (χ0) is 9.19. The minimum atomic E-state index is -3.78. The van der Waals surface area contributed by atoms with Crippen molar-refractivity contribution in [1.82, 2.24) is 0 Å². The predicted molar refractivity (Wildman–Crippen MR) is 42.3 cm³/mol.